The quantitative estimate of drug-likeness (QED) is 0.0261. The Morgan fingerprint density at radius 1 is 0.259 bits per heavy atom. The van der Waals surface area contributed by atoms with E-state index in [1.54, 1.807) is 0 Å². The van der Waals surface area contributed by atoms with Gasteiger partial charge in [0.05, 0.1) is 0 Å². The van der Waals surface area contributed by atoms with Gasteiger partial charge in [-0.15, -0.1) is 0 Å². The molecule has 0 heterocycles. The molecule has 6 heteroatoms. The Bertz CT molecular complexity index is 1720. The number of unbranched alkanes of at least 4 members (excludes halogenated alkanes) is 27. The van der Waals surface area contributed by atoms with Crippen LogP contribution in [0.15, 0.2) is 134 Å². The van der Waals surface area contributed by atoms with Gasteiger partial charge in [0, 0.05) is 19.3 Å². The Morgan fingerprint density at radius 3 is 0.790 bits per heavy atom. The predicted molar refractivity (Wildman–Crippen MR) is 353 cm³/mol. The summed E-state index contributed by atoms with van der Waals surface area (Å²) in [5.74, 6) is -0.957. The van der Waals surface area contributed by atoms with Crippen LogP contribution in [0.25, 0.3) is 0 Å². The summed E-state index contributed by atoms with van der Waals surface area (Å²) in [6, 6.07) is 0. The molecule has 0 spiro atoms. The molecular formula is C75H124O6. The van der Waals surface area contributed by atoms with Gasteiger partial charge in [-0.25, -0.2) is 0 Å². The molecule has 0 fully saturated rings. The van der Waals surface area contributed by atoms with Crippen LogP contribution in [0.1, 0.15) is 303 Å². The van der Waals surface area contributed by atoms with Gasteiger partial charge in [-0.1, -0.05) is 309 Å². The van der Waals surface area contributed by atoms with Crippen molar-refractivity contribution in [3.8, 4) is 0 Å². The number of ether oxygens (including phenoxy) is 3. The highest BCUT2D eigenvalue weighted by Gasteiger charge is 2.19. The van der Waals surface area contributed by atoms with Crippen molar-refractivity contribution in [2.45, 2.75) is 309 Å². The van der Waals surface area contributed by atoms with Gasteiger partial charge in [0.25, 0.3) is 0 Å². The van der Waals surface area contributed by atoms with Crippen molar-refractivity contribution in [2.24, 2.45) is 0 Å². The molecule has 0 saturated heterocycles. The third-order valence-corrected chi connectivity index (χ3v) is 14.2. The van der Waals surface area contributed by atoms with Crippen molar-refractivity contribution in [3.63, 3.8) is 0 Å². The second-order valence-electron chi connectivity index (χ2n) is 22.0. The first kappa shape index (κ1) is 76.5. The van der Waals surface area contributed by atoms with E-state index in [2.05, 4.69) is 154 Å². The topological polar surface area (TPSA) is 78.9 Å². The molecule has 0 aliphatic heterocycles. The van der Waals surface area contributed by atoms with Crippen LogP contribution >= 0.6 is 0 Å². The second-order valence-corrected chi connectivity index (χ2v) is 22.0. The maximum atomic E-state index is 12.9. The SMILES string of the molecule is CC/C=C\C/C=C\C/C=C\C/C=C\C/C=C\C/C=C\C/C=C\CCCC(=O)OC(COC(=O)CCCCCCCCCCC)COC(=O)CCCCCCCCCCCCCCCCCCCC/C=C\C/C=C\C/C=C\C/C=C\CC. The second kappa shape index (κ2) is 68.1. The van der Waals surface area contributed by atoms with Crippen molar-refractivity contribution >= 4 is 17.9 Å². The molecule has 0 radical (unpaired) electrons. The van der Waals surface area contributed by atoms with E-state index in [1.807, 2.05) is 0 Å². The van der Waals surface area contributed by atoms with Gasteiger partial charge in [0.15, 0.2) is 6.10 Å². The van der Waals surface area contributed by atoms with Crippen molar-refractivity contribution in [1.29, 1.82) is 0 Å². The Labute approximate surface area is 500 Å². The van der Waals surface area contributed by atoms with Crippen molar-refractivity contribution in [2.75, 3.05) is 13.2 Å². The van der Waals surface area contributed by atoms with Crippen LogP contribution < -0.4 is 0 Å². The molecule has 460 valence electrons. The van der Waals surface area contributed by atoms with E-state index in [0.29, 0.717) is 19.3 Å². The van der Waals surface area contributed by atoms with Gasteiger partial charge in [-0.05, 0) is 109 Å². The molecule has 0 bridgehead atoms. The first-order valence-electron chi connectivity index (χ1n) is 33.7. The lowest BCUT2D eigenvalue weighted by atomic mass is 10.0. The van der Waals surface area contributed by atoms with Crippen LogP contribution in [-0.4, -0.2) is 37.2 Å². The lowest BCUT2D eigenvalue weighted by Crippen LogP contribution is -2.30. The molecule has 6 nitrogen and oxygen atoms in total. The number of esters is 3. The molecule has 1 unspecified atom stereocenters. The number of carbonyl (C=O) groups excluding carboxylic acids is 3. The summed E-state index contributed by atoms with van der Waals surface area (Å²) >= 11 is 0. The number of rotatable bonds is 60. The third kappa shape index (κ3) is 66.2. The van der Waals surface area contributed by atoms with Gasteiger partial charge in [0.2, 0.25) is 0 Å². The molecule has 0 aromatic heterocycles. The maximum Gasteiger partial charge on any atom is 0.306 e. The average molecular weight is 1120 g/mol. The molecule has 0 aromatic rings. The zero-order valence-electron chi connectivity index (χ0n) is 52.8. The first-order chi connectivity index (χ1) is 40.0. The van der Waals surface area contributed by atoms with E-state index >= 15 is 0 Å². The summed E-state index contributed by atoms with van der Waals surface area (Å²) in [4.78, 5) is 38.2. The van der Waals surface area contributed by atoms with E-state index < -0.39 is 6.10 Å². The van der Waals surface area contributed by atoms with Crippen LogP contribution in [0.3, 0.4) is 0 Å². The number of hydrogen-bond acceptors (Lipinski definition) is 6. The molecule has 81 heavy (non-hydrogen) atoms. The van der Waals surface area contributed by atoms with Crippen LogP contribution in [0, 0.1) is 0 Å². The number of allylic oxidation sites excluding steroid dienone is 22. The van der Waals surface area contributed by atoms with Gasteiger partial charge < -0.3 is 14.2 Å². The summed E-state index contributed by atoms with van der Waals surface area (Å²) in [6.07, 6.45) is 96.4. The molecule has 0 rings (SSSR count). The van der Waals surface area contributed by atoms with Crippen LogP contribution in [0.4, 0.5) is 0 Å². The highest BCUT2D eigenvalue weighted by molar-refractivity contribution is 5.71. The van der Waals surface area contributed by atoms with Gasteiger partial charge in [0.1, 0.15) is 13.2 Å². The van der Waals surface area contributed by atoms with Gasteiger partial charge in [-0.2, -0.15) is 0 Å². The van der Waals surface area contributed by atoms with E-state index in [4.69, 9.17) is 14.2 Å². The minimum absolute atomic E-state index is 0.101. The summed E-state index contributed by atoms with van der Waals surface area (Å²) in [5, 5.41) is 0. The van der Waals surface area contributed by atoms with E-state index in [9.17, 15) is 14.4 Å². The standard InChI is InChI=1S/C75H124O6/c1-4-7-10-13-16-19-21-23-25-27-29-31-33-34-35-36-37-38-39-40-42-43-45-47-49-51-53-56-59-62-65-68-74(77)80-71-72(70-79-73(76)67-64-61-58-55-18-15-12-9-6-3)81-75(78)69-66-63-60-57-54-52-50-48-46-44-41-32-30-28-26-24-22-20-17-14-11-8-5-2/h7-8,10-11,16-17,19-20,23-26,29-32,44,46,50,52,57,60,72H,4-6,9,12-15,18,21-22,27-28,33-43,45,47-49,51,53-56,58-59,61-71H2,1-3H3/b10-7-,11-8-,19-16-,20-17-,25-23-,26-24-,31-29-,32-30-,46-44-,52-50-,60-57-. The highest BCUT2D eigenvalue weighted by Crippen LogP contribution is 2.17. The molecule has 0 N–H and O–H groups in total. The fourth-order valence-corrected chi connectivity index (χ4v) is 9.19. The first-order valence-corrected chi connectivity index (χ1v) is 33.7. The van der Waals surface area contributed by atoms with E-state index in [0.717, 1.165) is 116 Å². The number of hydrogen-bond donors (Lipinski definition) is 0. The van der Waals surface area contributed by atoms with Crippen molar-refractivity contribution < 1.29 is 28.6 Å². The summed E-state index contributed by atoms with van der Waals surface area (Å²) in [5.41, 5.74) is 0. The Balaban J connectivity index is 4.23. The Morgan fingerprint density at radius 2 is 0.494 bits per heavy atom. The highest BCUT2D eigenvalue weighted by atomic mass is 16.6. The Hall–Kier alpha value is -4.45. The van der Waals surface area contributed by atoms with E-state index in [1.165, 1.54) is 141 Å². The minimum atomic E-state index is -0.810. The summed E-state index contributed by atoms with van der Waals surface area (Å²) in [7, 11) is 0. The van der Waals surface area contributed by atoms with E-state index in [-0.39, 0.29) is 37.5 Å². The Kier molecular flexibility index (Phi) is 64.3. The summed E-state index contributed by atoms with van der Waals surface area (Å²) < 4.78 is 16.8. The van der Waals surface area contributed by atoms with Crippen molar-refractivity contribution in [3.05, 3.63) is 134 Å². The monoisotopic (exact) mass is 1120 g/mol. The molecule has 0 saturated carbocycles. The van der Waals surface area contributed by atoms with Gasteiger partial charge in [-0.3, -0.25) is 14.4 Å². The predicted octanol–water partition coefficient (Wildman–Crippen LogP) is 23.3. The molecule has 0 aliphatic carbocycles. The minimum Gasteiger partial charge on any atom is -0.462 e. The van der Waals surface area contributed by atoms with Crippen molar-refractivity contribution in [1.82, 2.24) is 0 Å². The average Bonchev–Trinajstić information content (AvgIpc) is 3.47. The van der Waals surface area contributed by atoms with Crippen LogP contribution in [-0.2, 0) is 28.6 Å². The molecular weight excluding hydrogens is 997 g/mol. The normalized spacial score (nSPS) is 13.0. The number of carbonyl (C=O) groups is 3. The fraction of sp³-hybridized carbons (Fsp3) is 0.667. The molecule has 1 atom stereocenters. The lowest BCUT2D eigenvalue weighted by molar-refractivity contribution is -0.167. The van der Waals surface area contributed by atoms with Crippen LogP contribution in [0.5, 0.6) is 0 Å². The lowest BCUT2D eigenvalue weighted by Gasteiger charge is -2.18. The van der Waals surface area contributed by atoms with Crippen LogP contribution in [0.2, 0.25) is 0 Å². The van der Waals surface area contributed by atoms with Gasteiger partial charge >= 0.3 is 17.9 Å². The molecule has 0 amide bonds. The largest absolute Gasteiger partial charge is 0.462 e. The fourth-order valence-electron chi connectivity index (χ4n) is 9.19. The smallest absolute Gasteiger partial charge is 0.306 e. The zero-order valence-corrected chi connectivity index (χ0v) is 52.8. The summed E-state index contributed by atoms with van der Waals surface area (Å²) in [6.45, 7) is 6.36. The molecule has 0 aliphatic rings. The maximum absolute atomic E-state index is 12.9. The third-order valence-electron chi connectivity index (χ3n) is 14.2. The molecule has 0 aromatic carbocycles. The zero-order chi connectivity index (χ0) is 58.5.